The molecule has 1 N–H and O–H groups in total. The lowest BCUT2D eigenvalue weighted by Gasteiger charge is -2.25. The third-order valence-electron chi connectivity index (χ3n) is 6.20. The molecule has 12 heteroatoms. The van der Waals surface area contributed by atoms with E-state index in [-0.39, 0.29) is 35.4 Å². The smallest absolute Gasteiger partial charge is 0.453 e. The van der Waals surface area contributed by atoms with E-state index in [2.05, 4.69) is 20.8 Å². The van der Waals surface area contributed by atoms with Gasteiger partial charge in [-0.2, -0.15) is 17.9 Å². The molecule has 1 heterocycles. The molecule has 0 saturated heterocycles. The van der Waals surface area contributed by atoms with E-state index in [1.54, 1.807) is 24.3 Å². The number of ether oxygens (including phenoxy) is 1. The molecule has 4 rings (SSSR count). The number of carbonyl (C=O) groups is 1. The number of nitrogens with zero attached hydrogens (tertiary/aromatic N) is 4. The molecule has 0 aliphatic heterocycles. The van der Waals surface area contributed by atoms with Gasteiger partial charge >= 0.3 is 12.1 Å². The highest BCUT2D eigenvalue weighted by molar-refractivity contribution is 7.98. The molecular formula is C23H23F4N5O2S. The normalized spacial score (nSPS) is 20.2. The number of benzene rings is 2. The predicted molar refractivity (Wildman–Crippen MR) is 120 cm³/mol. The van der Waals surface area contributed by atoms with Crippen molar-refractivity contribution in [1.29, 1.82) is 0 Å². The number of rotatable bonds is 7. The number of hydrogen-bond acceptors (Lipinski definition) is 7. The minimum atomic E-state index is -4.70. The molecular weight excluding hydrogens is 486 g/mol. The Morgan fingerprint density at radius 2 is 1.94 bits per heavy atom. The summed E-state index contributed by atoms with van der Waals surface area (Å²) in [5.41, 5.74) is 1.77. The number of esters is 1. The Labute approximate surface area is 203 Å². The van der Waals surface area contributed by atoms with E-state index in [9.17, 15) is 22.4 Å². The van der Waals surface area contributed by atoms with Crippen molar-refractivity contribution in [2.75, 3.05) is 13.4 Å². The Hall–Kier alpha value is -2.99. The topological polar surface area (TPSA) is 81.9 Å². The van der Waals surface area contributed by atoms with E-state index in [1.165, 1.54) is 37.1 Å². The Kier molecular flexibility index (Phi) is 7.41. The van der Waals surface area contributed by atoms with Crippen molar-refractivity contribution in [2.24, 2.45) is 5.92 Å². The number of halogens is 4. The Balaban J connectivity index is 1.60. The van der Waals surface area contributed by atoms with E-state index in [0.717, 1.165) is 16.0 Å². The summed E-state index contributed by atoms with van der Waals surface area (Å²) in [6, 6.07) is 10.8. The molecule has 1 aliphatic rings. The summed E-state index contributed by atoms with van der Waals surface area (Å²) < 4.78 is 59.0. The second-order valence-electron chi connectivity index (χ2n) is 8.18. The van der Waals surface area contributed by atoms with Crippen molar-refractivity contribution < 1.29 is 27.1 Å². The standard InChI is InChI=1S/C23H23F4N5O2S/c1-34-21(33)17-8-9-18(20(17)13-3-5-15(24)6-4-13)28-12-14-11-16(7-10-19(14)35-2)32-22(23(25,26)27)29-30-31-32/h3-7,10-11,17-18,20,28H,8-9,12H2,1-2H3. The van der Waals surface area contributed by atoms with Crippen molar-refractivity contribution in [3.05, 3.63) is 65.2 Å². The van der Waals surface area contributed by atoms with Crippen LogP contribution < -0.4 is 5.32 Å². The minimum absolute atomic E-state index is 0.123. The van der Waals surface area contributed by atoms with Gasteiger partial charge in [-0.15, -0.1) is 16.9 Å². The molecule has 1 fully saturated rings. The van der Waals surface area contributed by atoms with Gasteiger partial charge in [0.05, 0.1) is 18.7 Å². The molecule has 0 bridgehead atoms. The Morgan fingerprint density at radius 3 is 2.60 bits per heavy atom. The number of carbonyl (C=O) groups excluding carboxylic acids is 1. The number of methoxy groups -OCH3 is 1. The number of thioether (sulfide) groups is 1. The SMILES string of the molecule is COC(=O)C1CCC(NCc2cc(-n3nnnc3C(F)(F)F)ccc2SC)C1c1ccc(F)cc1. The quantitative estimate of drug-likeness (QED) is 0.288. The van der Waals surface area contributed by atoms with Crippen molar-refractivity contribution in [3.63, 3.8) is 0 Å². The van der Waals surface area contributed by atoms with Gasteiger partial charge in [0, 0.05) is 23.4 Å². The molecule has 1 aromatic heterocycles. The zero-order chi connectivity index (χ0) is 25.2. The van der Waals surface area contributed by atoms with Crippen molar-refractivity contribution >= 4 is 17.7 Å². The highest BCUT2D eigenvalue weighted by Gasteiger charge is 2.42. The van der Waals surface area contributed by atoms with Gasteiger partial charge in [-0.3, -0.25) is 4.79 Å². The lowest BCUT2D eigenvalue weighted by molar-refractivity contribution is -0.147. The largest absolute Gasteiger partial charge is 0.469 e. The zero-order valence-electron chi connectivity index (χ0n) is 18.9. The van der Waals surface area contributed by atoms with Gasteiger partial charge in [0.25, 0.3) is 5.82 Å². The molecule has 7 nitrogen and oxygen atoms in total. The van der Waals surface area contributed by atoms with Crippen LogP contribution in [0.5, 0.6) is 0 Å². The van der Waals surface area contributed by atoms with Gasteiger partial charge in [-0.1, -0.05) is 12.1 Å². The molecule has 0 radical (unpaired) electrons. The van der Waals surface area contributed by atoms with Crippen LogP contribution in [0.15, 0.2) is 47.4 Å². The van der Waals surface area contributed by atoms with Crippen molar-refractivity contribution in [1.82, 2.24) is 25.5 Å². The Morgan fingerprint density at radius 1 is 1.20 bits per heavy atom. The maximum absolute atomic E-state index is 13.5. The molecule has 35 heavy (non-hydrogen) atoms. The molecule has 1 aliphatic carbocycles. The molecule has 0 spiro atoms. The van der Waals surface area contributed by atoms with Gasteiger partial charge in [-0.25, -0.2) is 4.39 Å². The van der Waals surface area contributed by atoms with E-state index in [0.29, 0.717) is 24.1 Å². The first-order chi connectivity index (χ1) is 16.7. The van der Waals surface area contributed by atoms with E-state index in [4.69, 9.17) is 4.74 Å². The molecule has 2 aromatic carbocycles. The van der Waals surface area contributed by atoms with Crippen LogP contribution in [0.2, 0.25) is 0 Å². The van der Waals surface area contributed by atoms with Crippen LogP contribution in [0, 0.1) is 11.7 Å². The predicted octanol–water partition coefficient (Wildman–Crippen LogP) is 4.37. The summed E-state index contributed by atoms with van der Waals surface area (Å²) >= 11 is 1.46. The first kappa shape index (κ1) is 25.1. The summed E-state index contributed by atoms with van der Waals surface area (Å²) in [7, 11) is 1.34. The third kappa shape index (κ3) is 5.32. The summed E-state index contributed by atoms with van der Waals surface area (Å²) in [6.07, 6.45) is -1.54. The number of alkyl halides is 3. The Bertz CT molecular complexity index is 1190. The number of aromatic nitrogens is 4. The molecule has 1 saturated carbocycles. The fraction of sp³-hybridized carbons (Fsp3) is 0.391. The lowest BCUT2D eigenvalue weighted by atomic mass is 9.86. The van der Waals surface area contributed by atoms with Crippen molar-refractivity contribution in [3.8, 4) is 5.69 Å². The zero-order valence-corrected chi connectivity index (χ0v) is 19.7. The fourth-order valence-corrected chi connectivity index (χ4v) is 5.20. The molecule has 3 aromatic rings. The highest BCUT2D eigenvalue weighted by atomic mass is 32.2. The average Bonchev–Trinajstić information content (AvgIpc) is 3.50. The molecule has 186 valence electrons. The van der Waals surface area contributed by atoms with Crippen LogP contribution in [-0.4, -0.2) is 45.6 Å². The summed E-state index contributed by atoms with van der Waals surface area (Å²) in [4.78, 5) is 13.3. The number of tetrazole rings is 1. The maximum Gasteiger partial charge on any atom is 0.453 e. The van der Waals surface area contributed by atoms with E-state index in [1.807, 2.05) is 6.26 Å². The van der Waals surface area contributed by atoms with Crippen LogP contribution in [0.3, 0.4) is 0 Å². The molecule has 0 amide bonds. The first-order valence-corrected chi connectivity index (χ1v) is 12.0. The maximum atomic E-state index is 13.5. The van der Waals surface area contributed by atoms with Crippen LogP contribution in [0.1, 0.15) is 35.7 Å². The van der Waals surface area contributed by atoms with Gasteiger partial charge in [0.15, 0.2) is 0 Å². The minimum Gasteiger partial charge on any atom is -0.469 e. The number of nitrogens with one attached hydrogen (secondary N) is 1. The van der Waals surface area contributed by atoms with Crippen molar-refractivity contribution in [2.45, 2.75) is 42.4 Å². The third-order valence-corrected chi connectivity index (χ3v) is 7.04. The van der Waals surface area contributed by atoms with Gasteiger partial charge < -0.3 is 10.1 Å². The van der Waals surface area contributed by atoms with E-state index < -0.39 is 12.0 Å². The molecule has 3 atom stereocenters. The van der Waals surface area contributed by atoms with Gasteiger partial charge in [0.2, 0.25) is 0 Å². The monoisotopic (exact) mass is 509 g/mol. The van der Waals surface area contributed by atoms with Crippen LogP contribution in [-0.2, 0) is 22.3 Å². The average molecular weight is 510 g/mol. The molecule has 3 unspecified atom stereocenters. The second kappa shape index (κ2) is 10.3. The summed E-state index contributed by atoms with van der Waals surface area (Å²) in [5.74, 6) is -2.52. The van der Waals surface area contributed by atoms with Gasteiger partial charge in [0.1, 0.15) is 5.82 Å². The second-order valence-corrected chi connectivity index (χ2v) is 9.03. The van der Waals surface area contributed by atoms with Crippen LogP contribution >= 0.6 is 11.8 Å². The lowest BCUT2D eigenvalue weighted by Crippen LogP contribution is -2.34. The van der Waals surface area contributed by atoms with Crippen LogP contribution in [0.4, 0.5) is 17.6 Å². The highest BCUT2D eigenvalue weighted by Crippen LogP contribution is 2.41. The summed E-state index contributed by atoms with van der Waals surface area (Å²) in [6.45, 7) is 0.337. The fourth-order valence-electron chi connectivity index (χ4n) is 4.61. The number of hydrogen-bond donors (Lipinski definition) is 1. The first-order valence-electron chi connectivity index (χ1n) is 10.8. The summed E-state index contributed by atoms with van der Waals surface area (Å²) in [5, 5.41) is 13.3. The van der Waals surface area contributed by atoms with Crippen LogP contribution in [0.25, 0.3) is 5.69 Å². The van der Waals surface area contributed by atoms with Gasteiger partial charge in [-0.05, 0) is 71.0 Å². The van der Waals surface area contributed by atoms with E-state index >= 15 is 0 Å².